The van der Waals surface area contributed by atoms with Gasteiger partial charge in [0.25, 0.3) is 0 Å². The maximum Gasteiger partial charge on any atom is 0.356 e. The van der Waals surface area contributed by atoms with Crippen molar-refractivity contribution in [3.63, 3.8) is 0 Å². The Morgan fingerprint density at radius 3 is 2.68 bits per heavy atom. The van der Waals surface area contributed by atoms with E-state index in [2.05, 4.69) is 23.7 Å². The van der Waals surface area contributed by atoms with Crippen molar-refractivity contribution in [1.82, 2.24) is 9.88 Å². The molecule has 25 heavy (non-hydrogen) atoms. The number of pyridine rings is 1. The summed E-state index contributed by atoms with van der Waals surface area (Å²) in [6.45, 7) is 8.78. The van der Waals surface area contributed by atoms with Crippen LogP contribution in [0.4, 0.5) is 0 Å². The number of fused-ring (bicyclic) bond motifs is 1. The lowest BCUT2D eigenvalue weighted by molar-refractivity contribution is 0.0520. The molecule has 1 aliphatic heterocycles. The van der Waals surface area contributed by atoms with E-state index in [9.17, 15) is 4.79 Å². The van der Waals surface area contributed by atoms with Gasteiger partial charge in [0.1, 0.15) is 17.5 Å². The number of rotatable bonds is 5. The van der Waals surface area contributed by atoms with Crippen molar-refractivity contribution < 1.29 is 14.3 Å². The second-order valence-electron chi connectivity index (χ2n) is 6.72. The zero-order chi connectivity index (χ0) is 17.8. The Morgan fingerprint density at radius 2 is 2.00 bits per heavy atom. The van der Waals surface area contributed by atoms with Gasteiger partial charge in [0, 0.05) is 24.5 Å². The van der Waals surface area contributed by atoms with Crippen molar-refractivity contribution >= 4 is 16.9 Å². The van der Waals surface area contributed by atoms with Gasteiger partial charge < -0.3 is 14.4 Å². The Hall–Kier alpha value is -2.14. The molecule has 1 aliphatic rings. The van der Waals surface area contributed by atoms with Crippen molar-refractivity contribution in [3.05, 3.63) is 36.0 Å². The third-order valence-electron chi connectivity index (χ3n) is 4.65. The number of likely N-dealkylation sites (tertiary alicyclic amines) is 1. The first kappa shape index (κ1) is 17.7. The molecule has 1 saturated heterocycles. The number of hydrogen-bond acceptors (Lipinski definition) is 5. The fourth-order valence-corrected chi connectivity index (χ4v) is 3.20. The van der Waals surface area contributed by atoms with Crippen molar-refractivity contribution in [1.29, 1.82) is 0 Å². The van der Waals surface area contributed by atoms with Crippen LogP contribution in [-0.2, 0) is 4.74 Å². The predicted octanol–water partition coefficient (Wildman–Crippen LogP) is 3.66. The largest absolute Gasteiger partial charge is 0.490 e. The molecule has 5 heteroatoms. The van der Waals surface area contributed by atoms with Gasteiger partial charge in [0.05, 0.1) is 12.1 Å². The molecule has 0 unspecified atom stereocenters. The first-order valence-corrected chi connectivity index (χ1v) is 9.05. The summed E-state index contributed by atoms with van der Waals surface area (Å²) in [4.78, 5) is 18.6. The Kier molecular flexibility index (Phi) is 5.53. The molecule has 0 radical (unpaired) electrons. The van der Waals surface area contributed by atoms with E-state index in [0.29, 0.717) is 18.3 Å². The van der Waals surface area contributed by atoms with Gasteiger partial charge in [-0.25, -0.2) is 9.78 Å². The Morgan fingerprint density at radius 1 is 1.24 bits per heavy atom. The number of carbonyl (C=O) groups excluding carboxylic acids is 1. The van der Waals surface area contributed by atoms with Gasteiger partial charge in [-0.3, -0.25) is 0 Å². The van der Waals surface area contributed by atoms with Crippen LogP contribution in [0.2, 0.25) is 0 Å². The van der Waals surface area contributed by atoms with E-state index in [0.717, 1.165) is 42.6 Å². The third-order valence-corrected chi connectivity index (χ3v) is 4.65. The summed E-state index contributed by atoms with van der Waals surface area (Å²) in [6.07, 6.45) is 2.37. The van der Waals surface area contributed by atoms with E-state index in [1.165, 1.54) is 0 Å². The average Bonchev–Trinajstić information content (AvgIpc) is 2.62. The summed E-state index contributed by atoms with van der Waals surface area (Å²) < 4.78 is 11.2. The number of hydrogen-bond donors (Lipinski definition) is 0. The molecule has 0 aliphatic carbocycles. The van der Waals surface area contributed by atoms with Crippen molar-refractivity contribution in [2.75, 3.05) is 19.7 Å². The highest BCUT2D eigenvalue weighted by Gasteiger charge is 2.22. The zero-order valence-corrected chi connectivity index (χ0v) is 15.2. The topological polar surface area (TPSA) is 51.7 Å². The summed E-state index contributed by atoms with van der Waals surface area (Å²) in [5.74, 6) is 0.475. The number of carbonyl (C=O) groups is 1. The lowest BCUT2D eigenvalue weighted by atomic mass is 10.1. The van der Waals surface area contributed by atoms with Crippen LogP contribution >= 0.6 is 0 Å². The highest BCUT2D eigenvalue weighted by molar-refractivity contribution is 5.91. The second kappa shape index (κ2) is 7.83. The highest BCUT2D eigenvalue weighted by Crippen LogP contribution is 2.24. The van der Waals surface area contributed by atoms with Crippen molar-refractivity contribution in [2.24, 2.45) is 0 Å². The van der Waals surface area contributed by atoms with Crippen molar-refractivity contribution in [2.45, 2.75) is 45.8 Å². The van der Waals surface area contributed by atoms with Crippen LogP contribution in [0.15, 0.2) is 30.3 Å². The van der Waals surface area contributed by atoms with Crippen LogP contribution in [-0.4, -0.2) is 47.7 Å². The summed E-state index contributed by atoms with van der Waals surface area (Å²) in [5.41, 5.74) is 1.11. The highest BCUT2D eigenvalue weighted by atomic mass is 16.5. The number of piperidine rings is 1. The molecule has 1 aromatic heterocycles. The van der Waals surface area contributed by atoms with Crippen LogP contribution in [0, 0.1) is 0 Å². The first-order chi connectivity index (χ1) is 12.1. The Bertz CT molecular complexity index is 737. The number of aromatic nitrogens is 1. The predicted molar refractivity (Wildman–Crippen MR) is 98.1 cm³/mol. The number of esters is 1. The van der Waals surface area contributed by atoms with Gasteiger partial charge in [-0.2, -0.15) is 0 Å². The van der Waals surface area contributed by atoms with Gasteiger partial charge in [0.15, 0.2) is 0 Å². The summed E-state index contributed by atoms with van der Waals surface area (Å²) in [6, 6.07) is 10.0. The number of ether oxygens (including phenoxy) is 2. The molecule has 0 spiro atoms. The SMILES string of the molecule is CCOC(=O)c1ccc2cc(OC3CCN(C(C)C)CC3)ccc2n1. The molecule has 0 amide bonds. The van der Waals surface area contributed by atoms with Gasteiger partial charge in [-0.05, 0) is 57.9 Å². The quantitative estimate of drug-likeness (QED) is 0.776. The molecular formula is C20H26N2O3. The summed E-state index contributed by atoms with van der Waals surface area (Å²) in [5, 5.41) is 0.963. The maximum absolute atomic E-state index is 11.8. The van der Waals surface area contributed by atoms with E-state index in [-0.39, 0.29) is 12.1 Å². The van der Waals surface area contributed by atoms with E-state index in [4.69, 9.17) is 9.47 Å². The summed E-state index contributed by atoms with van der Waals surface area (Å²) in [7, 11) is 0. The van der Waals surface area contributed by atoms with Crippen LogP contribution in [0.1, 0.15) is 44.1 Å². The molecule has 1 aromatic carbocycles. The van der Waals surface area contributed by atoms with E-state index >= 15 is 0 Å². The average molecular weight is 342 g/mol. The molecule has 0 bridgehead atoms. The fourth-order valence-electron chi connectivity index (χ4n) is 3.20. The first-order valence-electron chi connectivity index (χ1n) is 9.05. The molecule has 0 atom stereocenters. The van der Waals surface area contributed by atoms with Crippen LogP contribution in [0.5, 0.6) is 5.75 Å². The van der Waals surface area contributed by atoms with Crippen LogP contribution in [0.25, 0.3) is 10.9 Å². The Labute approximate surface area is 148 Å². The van der Waals surface area contributed by atoms with E-state index in [1.54, 1.807) is 13.0 Å². The minimum absolute atomic E-state index is 0.263. The van der Waals surface area contributed by atoms with Gasteiger partial charge in [-0.15, -0.1) is 0 Å². The molecular weight excluding hydrogens is 316 g/mol. The van der Waals surface area contributed by atoms with Gasteiger partial charge in [-0.1, -0.05) is 6.07 Å². The minimum atomic E-state index is -0.387. The normalized spacial score (nSPS) is 16.3. The molecule has 0 N–H and O–H groups in total. The standard InChI is InChI=1S/C20H26N2O3/c1-4-24-20(23)19-7-5-15-13-17(6-8-18(15)21-19)25-16-9-11-22(12-10-16)14(2)3/h5-8,13-14,16H,4,9-12H2,1-3H3. The third kappa shape index (κ3) is 4.28. The van der Waals surface area contributed by atoms with E-state index < -0.39 is 0 Å². The summed E-state index contributed by atoms with van der Waals surface area (Å²) >= 11 is 0. The smallest absolute Gasteiger partial charge is 0.356 e. The molecule has 2 aromatic rings. The van der Waals surface area contributed by atoms with Crippen LogP contribution in [0.3, 0.4) is 0 Å². The molecule has 134 valence electrons. The maximum atomic E-state index is 11.8. The van der Waals surface area contributed by atoms with Crippen LogP contribution < -0.4 is 4.74 Å². The van der Waals surface area contributed by atoms with Gasteiger partial charge in [0.2, 0.25) is 0 Å². The monoisotopic (exact) mass is 342 g/mol. The van der Waals surface area contributed by atoms with Crippen molar-refractivity contribution in [3.8, 4) is 5.75 Å². The lowest BCUT2D eigenvalue weighted by Gasteiger charge is -2.34. The fraction of sp³-hybridized carbons (Fsp3) is 0.500. The number of benzene rings is 1. The minimum Gasteiger partial charge on any atom is -0.490 e. The molecule has 5 nitrogen and oxygen atoms in total. The van der Waals surface area contributed by atoms with E-state index in [1.807, 2.05) is 24.3 Å². The molecule has 1 fully saturated rings. The zero-order valence-electron chi connectivity index (χ0n) is 15.2. The lowest BCUT2D eigenvalue weighted by Crippen LogP contribution is -2.41. The Balaban J connectivity index is 1.67. The molecule has 3 rings (SSSR count). The number of nitrogens with zero attached hydrogens (tertiary/aromatic N) is 2. The van der Waals surface area contributed by atoms with Gasteiger partial charge >= 0.3 is 5.97 Å². The molecule has 2 heterocycles. The second-order valence-corrected chi connectivity index (χ2v) is 6.72. The molecule has 0 saturated carbocycles.